The Kier molecular flexibility index (Phi) is 7.95. The Morgan fingerprint density at radius 1 is 1.09 bits per heavy atom. The summed E-state index contributed by atoms with van der Waals surface area (Å²) in [7, 11) is 1.57. The van der Waals surface area contributed by atoms with Crippen LogP contribution in [0.2, 0.25) is 0 Å². The summed E-state index contributed by atoms with van der Waals surface area (Å²) in [5, 5.41) is 2.57. The van der Waals surface area contributed by atoms with Gasteiger partial charge in [-0.05, 0) is 44.5 Å². The minimum atomic E-state index is -0.708. The molecule has 0 aliphatic heterocycles. The number of rotatable bonds is 8. The number of amides is 2. The molecule has 0 saturated heterocycles. The van der Waals surface area contributed by atoms with Gasteiger partial charge in [-0.2, -0.15) is 0 Å². The topological polar surface area (TPSA) is 120 Å². The number of alkyl carbamates (subject to hydrolysis) is 1. The third-order valence-electron chi connectivity index (χ3n) is 4.96. The number of nitrogens with zero attached hydrogens (tertiary/aromatic N) is 2. The first-order valence-electron chi connectivity index (χ1n) is 11.1. The molecule has 0 bridgehead atoms. The van der Waals surface area contributed by atoms with Gasteiger partial charge < -0.3 is 19.2 Å². The highest BCUT2D eigenvalue weighted by molar-refractivity contribution is 6.01. The standard InChI is InChI=1S/C25H29N3O7/c1-25(2,3)35-22(30)26-12-13-28(24(32)33-16-17-8-6-5-7-9-17)15-20(29)18-10-11-19-21(14-18)34-23(31)27(19)4/h5-11,14H,12-13,15-16H2,1-4H3,(H,26,30). The van der Waals surface area contributed by atoms with Crippen molar-refractivity contribution in [2.24, 2.45) is 7.05 Å². The number of benzene rings is 2. The Labute approximate surface area is 202 Å². The maximum atomic E-state index is 13.0. The Morgan fingerprint density at radius 3 is 2.49 bits per heavy atom. The van der Waals surface area contributed by atoms with Gasteiger partial charge in [-0.1, -0.05) is 30.3 Å². The van der Waals surface area contributed by atoms with Gasteiger partial charge in [0.15, 0.2) is 11.4 Å². The number of oxazole rings is 1. The van der Waals surface area contributed by atoms with Gasteiger partial charge >= 0.3 is 17.9 Å². The van der Waals surface area contributed by atoms with E-state index in [1.807, 2.05) is 30.3 Å². The molecule has 0 radical (unpaired) electrons. The predicted octanol–water partition coefficient (Wildman–Crippen LogP) is 3.48. The second-order valence-corrected chi connectivity index (χ2v) is 8.92. The lowest BCUT2D eigenvalue weighted by Gasteiger charge is -2.23. The van der Waals surface area contributed by atoms with Crippen LogP contribution in [0.3, 0.4) is 0 Å². The largest absolute Gasteiger partial charge is 0.445 e. The fraction of sp³-hybridized carbons (Fsp3) is 0.360. The van der Waals surface area contributed by atoms with Crippen LogP contribution in [0.5, 0.6) is 0 Å². The summed E-state index contributed by atoms with van der Waals surface area (Å²) in [5.41, 5.74) is 1.22. The SMILES string of the molecule is Cn1c(=O)oc2cc(C(=O)CN(CCNC(=O)OC(C)(C)C)C(=O)OCc3ccccc3)ccc21. The van der Waals surface area contributed by atoms with Crippen molar-refractivity contribution < 1.29 is 28.3 Å². The molecule has 0 aliphatic rings. The predicted molar refractivity (Wildman–Crippen MR) is 128 cm³/mol. The number of ketones is 1. The Hall–Kier alpha value is -4.08. The number of hydrogen-bond donors (Lipinski definition) is 1. The number of aromatic nitrogens is 1. The van der Waals surface area contributed by atoms with E-state index in [9.17, 15) is 19.2 Å². The number of fused-ring (bicyclic) bond motifs is 1. The Balaban J connectivity index is 1.69. The number of carbonyl (C=O) groups is 3. The monoisotopic (exact) mass is 483 g/mol. The molecule has 35 heavy (non-hydrogen) atoms. The van der Waals surface area contributed by atoms with Crippen LogP contribution in [0, 0.1) is 0 Å². The molecule has 0 saturated carbocycles. The summed E-state index contributed by atoms with van der Waals surface area (Å²) in [6, 6.07) is 13.8. The second-order valence-electron chi connectivity index (χ2n) is 8.92. The van der Waals surface area contributed by atoms with Gasteiger partial charge in [-0.15, -0.1) is 0 Å². The number of hydrogen-bond acceptors (Lipinski definition) is 7. The number of aryl methyl sites for hydroxylation is 1. The number of ether oxygens (including phenoxy) is 2. The number of Topliss-reactive ketones (excluding diaryl/α,β-unsaturated/α-hetero) is 1. The average Bonchev–Trinajstić information content (AvgIpc) is 3.09. The smallest absolute Gasteiger partial charge is 0.419 e. The van der Waals surface area contributed by atoms with Gasteiger partial charge in [-0.3, -0.25) is 14.3 Å². The quantitative estimate of drug-likeness (QED) is 0.487. The van der Waals surface area contributed by atoms with Gasteiger partial charge in [0.2, 0.25) is 0 Å². The van der Waals surface area contributed by atoms with Crippen molar-refractivity contribution in [3.8, 4) is 0 Å². The molecule has 0 aliphatic carbocycles. The van der Waals surface area contributed by atoms with Crippen molar-refractivity contribution in [1.82, 2.24) is 14.8 Å². The molecule has 10 nitrogen and oxygen atoms in total. The third-order valence-corrected chi connectivity index (χ3v) is 4.96. The number of nitrogens with one attached hydrogen (secondary N) is 1. The highest BCUT2D eigenvalue weighted by atomic mass is 16.6. The van der Waals surface area contributed by atoms with E-state index in [-0.39, 0.29) is 43.2 Å². The number of carbonyl (C=O) groups excluding carboxylic acids is 3. The first kappa shape index (κ1) is 25.5. The van der Waals surface area contributed by atoms with Crippen molar-refractivity contribution in [3.05, 3.63) is 70.2 Å². The van der Waals surface area contributed by atoms with E-state index in [1.165, 1.54) is 15.5 Å². The maximum absolute atomic E-state index is 13.0. The van der Waals surface area contributed by atoms with Gasteiger partial charge in [0.05, 0.1) is 12.1 Å². The fourth-order valence-corrected chi connectivity index (χ4v) is 3.22. The molecule has 10 heteroatoms. The summed E-state index contributed by atoms with van der Waals surface area (Å²) in [5.74, 6) is -0.920. The lowest BCUT2D eigenvalue weighted by Crippen LogP contribution is -2.42. The molecular formula is C25H29N3O7. The summed E-state index contributed by atoms with van der Waals surface area (Å²) in [6.45, 7) is 5.02. The van der Waals surface area contributed by atoms with Crippen LogP contribution < -0.4 is 11.1 Å². The first-order valence-corrected chi connectivity index (χ1v) is 11.1. The van der Waals surface area contributed by atoms with Crippen LogP contribution in [0.15, 0.2) is 57.7 Å². The van der Waals surface area contributed by atoms with Crippen LogP contribution in [0.25, 0.3) is 11.1 Å². The molecule has 1 aromatic heterocycles. The normalized spacial score (nSPS) is 11.2. The molecule has 186 valence electrons. The molecule has 0 atom stereocenters. The highest BCUT2D eigenvalue weighted by Crippen LogP contribution is 2.15. The zero-order valence-corrected chi connectivity index (χ0v) is 20.2. The minimum Gasteiger partial charge on any atom is -0.445 e. The zero-order chi connectivity index (χ0) is 25.6. The van der Waals surface area contributed by atoms with E-state index in [0.29, 0.717) is 5.52 Å². The van der Waals surface area contributed by atoms with Crippen LogP contribution in [0.4, 0.5) is 9.59 Å². The maximum Gasteiger partial charge on any atom is 0.419 e. The third kappa shape index (κ3) is 7.20. The van der Waals surface area contributed by atoms with E-state index < -0.39 is 23.5 Å². The van der Waals surface area contributed by atoms with Crippen molar-refractivity contribution in [2.75, 3.05) is 19.6 Å². The molecule has 2 amide bonds. The Bertz CT molecular complexity index is 1260. The lowest BCUT2D eigenvalue weighted by molar-refractivity contribution is 0.0515. The van der Waals surface area contributed by atoms with Crippen molar-refractivity contribution in [3.63, 3.8) is 0 Å². The molecule has 0 spiro atoms. The van der Waals surface area contributed by atoms with E-state index in [4.69, 9.17) is 13.9 Å². The van der Waals surface area contributed by atoms with Crippen molar-refractivity contribution >= 4 is 29.1 Å². The molecule has 0 fully saturated rings. The van der Waals surface area contributed by atoms with Gasteiger partial charge in [0, 0.05) is 25.7 Å². The van der Waals surface area contributed by atoms with Crippen LogP contribution in [-0.4, -0.2) is 52.7 Å². The zero-order valence-electron chi connectivity index (χ0n) is 20.2. The van der Waals surface area contributed by atoms with Crippen LogP contribution in [-0.2, 0) is 23.1 Å². The minimum absolute atomic E-state index is 0.0151. The summed E-state index contributed by atoms with van der Waals surface area (Å²) in [6.07, 6.45) is -1.34. The lowest BCUT2D eigenvalue weighted by atomic mass is 10.1. The second kappa shape index (κ2) is 10.9. The molecular weight excluding hydrogens is 454 g/mol. The summed E-state index contributed by atoms with van der Waals surface area (Å²) in [4.78, 5) is 50.6. The molecule has 3 rings (SSSR count). The fourth-order valence-electron chi connectivity index (χ4n) is 3.22. The molecule has 0 unspecified atom stereocenters. The van der Waals surface area contributed by atoms with E-state index in [1.54, 1.807) is 40.0 Å². The molecule has 1 heterocycles. The van der Waals surface area contributed by atoms with Crippen molar-refractivity contribution in [2.45, 2.75) is 33.0 Å². The van der Waals surface area contributed by atoms with Gasteiger partial charge in [0.1, 0.15) is 12.2 Å². The van der Waals surface area contributed by atoms with Gasteiger partial charge in [-0.25, -0.2) is 14.4 Å². The summed E-state index contributed by atoms with van der Waals surface area (Å²) < 4.78 is 17.1. The average molecular weight is 484 g/mol. The van der Waals surface area contributed by atoms with E-state index in [2.05, 4.69) is 5.32 Å². The van der Waals surface area contributed by atoms with Crippen LogP contribution in [0.1, 0.15) is 36.7 Å². The Morgan fingerprint density at radius 2 is 1.80 bits per heavy atom. The van der Waals surface area contributed by atoms with E-state index in [0.717, 1.165) is 5.56 Å². The van der Waals surface area contributed by atoms with Crippen molar-refractivity contribution in [1.29, 1.82) is 0 Å². The molecule has 1 N–H and O–H groups in total. The first-order chi connectivity index (χ1) is 16.5. The van der Waals surface area contributed by atoms with Gasteiger partial charge in [0.25, 0.3) is 0 Å². The highest BCUT2D eigenvalue weighted by Gasteiger charge is 2.22. The molecule has 2 aromatic carbocycles. The van der Waals surface area contributed by atoms with Crippen LogP contribution >= 0.6 is 0 Å². The van der Waals surface area contributed by atoms with E-state index >= 15 is 0 Å². The summed E-state index contributed by atoms with van der Waals surface area (Å²) >= 11 is 0. The molecule has 3 aromatic rings.